The molecule has 38 heavy (non-hydrogen) atoms. The van der Waals surface area contributed by atoms with E-state index in [0.29, 0.717) is 61.3 Å². The summed E-state index contributed by atoms with van der Waals surface area (Å²) in [6.07, 6.45) is 1.13. The van der Waals surface area contributed by atoms with E-state index in [1.807, 2.05) is 24.3 Å². The van der Waals surface area contributed by atoms with E-state index in [4.69, 9.17) is 32.7 Å². The molecule has 1 aliphatic rings. The van der Waals surface area contributed by atoms with Crippen LogP contribution in [0, 0.1) is 0 Å². The van der Waals surface area contributed by atoms with Crippen LogP contribution in [0.2, 0.25) is 10.0 Å². The summed E-state index contributed by atoms with van der Waals surface area (Å²) in [7, 11) is 7.24. The highest BCUT2D eigenvalue weighted by atomic mass is 35.5. The maximum Gasteiger partial charge on any atom is 0.256 e. The number of rotatable bonds is 7. The molecule has 2 N–H and O–H groups in total. The third-order valence-electron chi connectivity index (χ3n) is 6.87. The number of anilines is 2. The monoisotopic (exact) mass is 554 g/mol. The first-order valence-electron chi connectivity index (χ1n) is 12.1. The quantitative estimate of drug-likeness (QED) is 0.318. The lowest BCUT2D eigenvalue weighted by molar-refractivity contribution is 0.102. The molecule has 0 bridgehead atoms. The molecule has 1 fully saturated rings. The first-order valence-corrected chi connectivity index (χ1v) is 12.8. The zero-order valence-corrected chi connectivity index (χ0v) is 23.0. The van der Waals surface area contributed by atoms with Crippen LogP contribution >= 0.6 is 23.2 Å². The fourth-order valence-electron chi connectivity index (χ4n) is 4.65. The number of nitrogens with zero attached hydrogens (tertiary/aromatic N) is 4. The van der Waals surface area contributed by atoms with Gasteiger partial charge in [-0.15, -0.1) is 0 Å². The molecular weight excluding hydrogens is 527 g/mol. The van der Waals surface area contributed by atoms with Gasteiger partial charge < -0.3 is 24.6 Å². The van der Waals surface area contributed by atoms with Gasteiger partial charge in [0.25, 0.3) is 5.91 Å². The van der Waals surface area contributed by atoms with E-state index >= 15 is 0 Å². The Morgan fingerprint density at radius 1 is 1.08 bits per heavy atom. The summed E-state index contributed by atoms with van der Waals surface area (Å²) < 4.78 is 10.7. The van der Waals surface area contributed by atoms with Gasteiger partial charge >= 0.3 is 0 Å². The second-order valence-corrected chi connectivity index (χ2v) is 10.1. The fourth-order valence-corrected chi connectivity index (χ4v) is 5.35. The molecule has 1 saturated heterocycles. The lowest BCUT2D eigenvalue weighted by atomic mass is 10.1. The maximum absolute atomic E-state index is 13.0. The average Bonchev–Trinajstić information content (AvgIpc) is 3.57. The van der Waals surface area contributed by atoms with Crippen molar-refractivity contribution in [2.75, 3.05) is 51.6 Å². The molecule has 5 rings (SSSR count). The largest absolute Gasteiger partial charge is 0.495 e. The molecule has 0 spiro atoms. The van der Waals surface area contributed by atoms with Crippen LogP contribution in [0.3, 0.4) is 0 Å². The summed E-state index contributed by atoms with van der Waals surface area (Å²) in [4.78, 5) is 22.2. The zero-order valence-electron chi connectivity index (χ0n) is 21.5. The Bertz CT molecular complexity index is 1460. The number of H-pyrrole nitrogens is 1. The molecule has 0 aliphatic carbocycles. The van der Waals surface area contributed by atoms with Crippen molar-refractivity contribution >= 4 is 51.6 Å². The summed E-state index contributed by atoms with van der Waals surface area (Å²) in [5.74, 6) is 0.943. The lowest BCUT2D eigenvalue weighted by Crippen LogP contribution is -2.31. The Balaban J connectivity index is 1.36. The Morgan fingerprint density at radius 3 is 2.37 bits per heavy atom. The van der Waals surface area contributed by atoms with E-state index in [0.717, 1.165) is 25.2 Å². The Labute approximate surface area is 230 Å². The van der Waals surface area contributed by atoms with Crippen LogP contribution in [0.15, 0.2) is 42.5 Å². The van der Waals surface area contributed by atoms with Gasteiger partial charge in [-0.25, -0.2) is 4.98 Å². The van der Waals surface area contributed by atoms with Crippen LogP contribution < -0.4 is 19.7 Å². The number of hydrogen-bond acceptors (Lipinski definition) is 7. The van der Waals surface area contributed by atoms with Gasteiger partial charge in [0.05, 0.1) is 35.3 Å². The summed E-state index contributed by atoms with van der Waals surface area (Å²) in [5.41, 5.74) is 3.09. The fraction of sp³-hybridized carbons (Fsp3) is 0.296. The Morgan fingerprint density at radius 2 is 1.76 bits per heavy atom. The van der Waals surface area contributed by atoms with Crippen molar-refractivity contribution < 1.29 is 14.3 Å². The minimum Gasteiger partial charge on any atom is -0.495 e. The molecular formula is C27H28Cl2N6O3. The summed E-state index contributed by atoms with van der Waals surface area (Å²) >= 11 is 13.1. The summed E-state index contributed by atoms with van der Waals surface area (Å²) in [5, 5.41) is 11.3. The molecule has 2 aromatic heterocycles. The highest BCUT2D eigenvalue weighted by Crippen LogP contribution is 2.45. The molecule has 198 valence electrons. The first-order chi connectivity index (χ1) is 18.3. The van der Waals surface area contributed by atoms with Crippen molar-refractivity contribution in [1.82, 2.24) is 20.1 Å². The number of ether oxygens (including phenoxy) is 2. The van der Waals surface area contributed by atoms with Gasteiger partial charge in [-0.05, 0) is 56.9 Å². The summed E-state index contributed by atoms with van der Waals surface area (Å²) in [6.45, 7) is 1.98. The van der Waals surface area contributed by atoms with E-state index in [1.165, 1.54) is 14.2 Å². The number of benzene rings is 2. The van der Waals surface area contributed by atoms with Gasteiger partial charge in [0.2, 0.25) is 0 Å². The lowest BCUT2D eigenvalue weighted by Gasteiger charge is -2.22. The molecule has 9 nitrogen and oxygen atoms in total. The molecule has 1 atom stereocenters. The van der Waals surface area contributed by atoms with Crippen molar-refractivity contribution in [3.8, 4) is 22.8 Å². The number of likely N-dealkylation sites (N-methyl/N-ethyl adjacent to an activating group) is 1. The van der Waals surface area contributed by atoms with Gasteiger partial charge in [0, 0.05) is 42.0 Å². The van der Waals surface area contributed by atoms with E-state index in [1.54, 1.807) is 18.2 Å². The number of nitrogens with one attached hydrogen (secondary N) is 2. The van der Waals surface area contributed by atoms with E-state index in [9.17, 15) is 4.79 Å². The second-order valence-electron chi connectivity index (χ2n) is 9.30. The Hall–Kier alpha value is -3.53. The number of halogens is 2. The van der Waals surface area contributed by atoms with E-state index in [-0.39, 0.29) is 5.91 Å². The smallest absolute Gasteiger partial charge is 0.256 e. The Kier molecular flexibility index (Phi) is 7.34. The zero-order chi connectivity index (χ0) is 27.0. The number of hydrogen-bond donors (Lipinski definition) is 2. The van der Waals surface area contributed by atoms with Gasteiger partial charge in [-0.1, -0.05) is 23.2 Å². The van der Waals surface area contributed by atoms with Gasteiger partial charge in [-0.2, -0.15) is 5.10 Å². The molecule has 4 aromatic rings. The molecule has 0 radical (unpaired) electrons. The number of aromatic nitrogens is 3. The van der Waals surface area contributed by atoms with Crippen LogP contribution in [-0.2, 0) is 0 Å². The van der Waals surface area contributed by atoms with Crippen molar-refractivity contribution in [3.05, 3.63) is 58.1 Å². The highest BCUT2D eigenvalue weighted by Gasteiger charge is 2.24. The molecule has 11 heteroatoms. The minimum atomic E-state index is -0.259. The molecule has 1 aliphatic heterocycles. The van der Waals surface area contributed by atoms with Gasteiger partial charge in [0.1, 0.15) is 11.5 Å². The standard InChI is InChI=1S/C27H28Cl2N6O3/c1-34(2)17-11-12-35(14-17)16-7-5-15(6-8-16)27(36)31-26-18-9-10-19(30-25(18)32-33-26)22-23(28)20(37-3)13-21(38-4)24(22)29/h5-10,13,17H,11-12,14H2,1-4H3,(H2,30,31,32,33,36). The third kappa shape index (κ3) is 4.84. The number of fused-ring (bicyclic) bond motifs is 1. The summed E-state index contributed by atoms with van der Waals surface area (Å²) in [6, 6.07) is 13.3. The molecule has 0 saturated carbocycles. The van der Waals surface area contributed by atoms with Crippen LogP contribution in [-0.4, -0.2) is 73.4 Å². The normalized spacial score (nSPS) is 15.3. The number of amides is 1. The molecule has 3 heterocycles. The average molecular weight is 555 g/mol. The predicted octanol–water partition coefficient (Wildman–Crippen LogP) is 5.34. The third-order valence-corrected chi connectivity index (χ3v) is 7.62. The van der Waals surface area contributed by atoms with Crippen LogP contribution in [0.25, 0.3) is 22.3 Å². The number of carbonyl (C=O) groups is 1. The van der Waals surface area contributed by atoms with Crippen LogP contribution in [0.4, 0.5) is 11.5 Å². The first kappa shape index (κ1) is 26.1. The number of carbonyl (C=O) groups excluding carboxylic acids is 1. The van der Waals surface area contributed by atoms with Crippen LogP contribution in [0.5, 0.6) is 11.5 Å². The van der Waals surface area contributed by atoms with Crippen molar-refractivity contribution in [1.29, 1.82) is 0 Å². The SMILES string of the molecule is COc1cc(OC)c(Cl)c(-c2ccc3c(NC(=O)c4ccc(N5CCC(N(C)C)C5)cc4)n[nH]c3n2)c1Cl. The van der Waals surface area contributed by atoms with Crippen molar-refractivity contribution in [3.63, 3.8) is 0 Å². The van der Waals surface area contributed by atoms with Gasteiger partial charge in [-0.3, -0.25) is 9.89 Å². The van der Waals surface area contributed by atoms with Crippen molar-refractivity contribution in [2.45, 2.75) is 12.5 Å². The second kappa shape index (κ2) is 10.7. The maximum atomic E-state index is 13.0. The highest BCUT2D eigenvalue weighted by molar-refractivity contribution is 6.41. The van der Waals surface area contributed by atoms with Gasteiger partial charge in [0.15, 0.2) is 11.5 Å². The number of pyridine rings is 1. The minimum absolute atomic E-state index is 0.259. The topological polar surface area (TPSA) is 95.6 Å². The van der Waals surface area contributed by atoms with Crippen molar-refractivity contribution in [2.24, 2.45) is 0 Å². The number of aromatic amines is 1. The predicted molar refractivity (Wildman–Crippen MR) is 151 cm³/mol. The number of methoxy groups -OCH3 is 2. The van der Waals surface area contributed by atoms with E-state index in [2.05, 4.69) is 44.4 Å². The molecule has 1 unspecified atom stereocenters. The molecule has 2 aromatic carbocycles. The van der Waals surface area contributed by atoms with E-state index < -0.39 is 0 Å². The van der Waals surface area contributed by atoms with Crippen LogP contribution in [0.1, 0.15) is 16.8 Å². The molecule has 1 amide bonds.